The number of hydrogen-bond donors (Lipinski definition) is 2. The number of hydrogen-bond acceptors (Lipinski definition) is 3. The Morgan fingerprint density at radius 3 is 2.38 bits per heavy atom. The van der Waals surface area contributed by atoms with E-state index < -0.39 is 0 Å². The van der Waals surface area contributed by atoms with Crippen LogP contribution in [0.2, 0.25) is 0 Å². The average Bonchev–Trinajstić information content (AvgIpc) is 2.17. The van der Waals surface area contributed by atoms with Crippen molar-refractivity contribution in [3.63, 3.8) is 0 Å². The predicted octanol–water partition coefficient (Wildman–Crippen LogP) is -0.336. The predicted molar refractivity (Wildman–Crippen MR) is 54.7 cm³/mol. The fraction of sp³-hybridized carbons (Fsp3) is 0.889. The van der Waals surface area contributed by atoms with Crippen LogP contribution in [-0.2, 0) is 4.79 Å². The summed E-state index contributed by atoms with van der Waals surface area (Å²) < 4.78 is 0. The van der Waals surface area contributed by atoms with E-state index in [9.17, 15) is 4.79 Å². The molecule has 1 amide bonds. The van der Waals surface area contributed by atoms with Gasteiger partial charge >= 0.3 is 0 Å². The first-order valence-electron chi connectivity index (χ1n) is 4.95. The molecule has 0 aliphatic rings. The summed E-state index contributed by atoms with van der Waals surface area (Å²) in [6.07, 6.45) is 0.728. The van der Waals surface area contributed by atoms with E-state index in [0.717, 1.165) is 39.1 Å². The molecule has 0 aliphatic carbocycles. The van der Waals surface area contributed by atoms with Crippen molar-refractivity contribution in [1.82, 2.24) is 15.5 Å². The second-order valence-corrected chi connectivity index (χ2v) is 2.85. The van der Waals surface area contributed by atoms with Crippen molar-refractivity contribution in [1.29, 1.82) is 0 Å². The summed E-state index contributed by atoms with van der Waals surface area (Å²) in [5, 5.41) is 5.86. The van der Waals surface area contributed by atoms with E-state index in [2.05, 4.69) is 29.4 Å². The summed E-state index contributed by atoms with van der Waals surface area (Å²) in [5.74, 6) is 0. The summed E-state index contributed by atoms with van der Waals surface area (Å²) in [7, 11) is 0. The second kappa shape index (κ2) is 9.48. The highest BCUT2D eigenvalue weighted by atomic mass is 16.1. The van der Waals surface area contributed by atoms with Gasteiger partial charge in [-0.05, 0) is 13.1 Å². The molecule has 0 fully saturated rings. The third kappa shape index (κ3) is 7.74. The highest BCUT2D eigenvalue weighted by molar-refractivity contribution is 5.45. The molecule has 0 heterocycles. The lowest BCUT2D eigenvalue weighted by atomic mass is 10.4. The minimum atomic E-state index is 0.710. The van der Waals surface area contributed by atoms with E-state index in [0.29, 0.717) is 6.54 Å². The van der Waals surface area contributed by atoms with Gasteiger partial charge in [-0.2, -0.15) is 0 Å². The van der Waals surface area contributed by atoms with Crippen LogP contribution in [-0.4, -0.2) is 50.6 Å². The first kappa shape index (κ1) is 12.4. The molecule has 0 bridgehead atoms. The lowest BCUT2D eigenvalue weighted by molar-refractivity contribution is -0.109. The number of nitrogens with one attached hydrogen (secondary N) is 2. The van der Waals surface area contributed by atoms with Crippen LogP contribution < -0.4 is 10.6 Å². The van der Waals surface area contributed by atoms with Crippen LogP contribution in [0.25, 0.3) is 0 Å². The summed E-state index contributed by atoms with van der Waals surface area (Å²) in [5.41, 5.74) is 0. The van der Waals surface area contributed by atoms with Crippen molar-refractivity contribution in [3.05, 3.63) is 0 Å². The molecular formula is C9H21N3O. The lowest BCUT2D eigenvalue weighted by Gasteiger charge is -2.17. The van der Waals surface area contributed by atoms with Crippen LogP contribution in [0.4, 0.5) is 0 Å². The molecule has 4 heteroatoms. The van der Waals surface area contributed by atoms with E-state index in [1.165, 1.54) is 0 Å². The van der Waals surface area contributed by atoms with Gasteiger partial charge in [0.25, 0.3) is 0 Å². The van der Waals surface area contributed by atoms with Gasteiger partial charge in [-0.3, -0.25) is 4.79 Å². The largest absolute Gasteiger partial charge is 0.357 e. The lowest BCUT2D eigenvalue weighted by Crippen LogP contribution is -2.34. The van der Waals surface area contributed by atoms with Gasteiger partial charge in [0.05, 0.1) is 0 Å². The molecule has 0 aromatic carbocycles. The molecule has 0 aromatic rings. The Morgan fingerprint density at radius 1 is 1.15 bits per heavy atom. The molecule has 0 rings (SSSR count). The summed E-state index contributed by atoms with van der Waals surface area (Å²) >= 11 is 0. The van der Waals surface area contributed by atoms with Crippen molar-refractivity contribution in [2.45, 2.75) is 13.8 Å². The van der Waals surface area contributed by atoms with Crippen molar-refractivity contribution < 1.29 is 4.79 Å². The number of rotatable bonds is 9. The normalized spacial score (nSPS) is 10.4. The zero-order valence-corrected chi connectivity index (χ0v) is 8.68. The Morgan fingerprint density at radius 2 is 1.85 bits per heavy atom. The Labute approximate surface area is 80.7 Å². The van der Waals surface area contributed by atoms with E-state index in [1.807, 2.05) is 0 Å². The zero-order valence-electron chi connectivity index (χ0n) is 8.68. The third-order valence-electron chi connectivity index (χ3n) is 2.03. The van der Waals surface area contributed by atoms with E-state index in [4.69, 9.17) is 0 Å². The van der Waals surface area contributed by atoms with Gasteiger partial charge in [-0.1, -0.05) is 13.8 Å². The molecular weight excluding hydrogens is 166 g/mol. The van der Waals surface area contributed by atoms with Crippen molar-refractivity contribution in [3.8, 4) is 0 Å². The molecule has 2 N–H and O–H groups in total. The Hall–Kier alpha value is -0.610. The fourth-order valence-electron chi connectivity index (χ4n) is 1.12. The van der Waals surface area contributed by atoms with E-state index in [1.54, 1.807) is 0 Å². The summed E-state index contributed by atoms with van der Waals surface area (Å²) in [6, 6.07) is 0. The van der Waals surface area contributed by atoms with Crippen LogP contribution in [0.5, 0.6) is 0 Å². The molecule has 4 nitrogen and oxygen atoms in total. The average molecular weight is 187 g/mol. The van der Waals surface area contributed by atoms with Gasteiger partial charge in [-0.15, -0.1) is 0 Å². The smallest absolute Gasteiger partial charge is 0.207 e. The number of nitrogens with zero attached hydrogens (tertiary/aromatic N) is 1. The van der Waals surface area contributed by atoms with Gasteiger partial charge in [0.2, 0.25) is 6.41 Å². The Balaban J connectivity index is 3.09. The van der Waals surface area contributed by atoms with Gasteiger partial charge in [0.15, 0.2) is 0 Å². The quantitative estimate of drug-likeness (QED) is 0.383. The number of carbonyl (C=O) groups excluding carboxylic acids is 1. The molecule has 0 saturated carbocycles. The SMILES string of the molecule is CCN(CC)CCNCCNC=O. The topological polar surface area (TPSA) is 44.4 Å². The standard InChI is InChI=1S/C9H21N3O/c1-3-12(4-2)8-7-10-5-6-11-9-13/h9-10H,3-8H2,1-2H3,(H,11,13). The second-order valence-electron chi connectivity index (χ2n) is 2.85. The Kier molecular flexibility index (Phi) is 9.03. The molecule has 0 unspecified atom stereocenters. The zero-order chi connectivity index (χ0) is 9.94. The van der Waals surface area contributed by atoms with Gasteiger partial charge < -0.3 is 15.5 Å². The van der Waals surface area contributed by atoms with Crippen LogP contribution in [0.3, 0.4) is 0 Å². The summed E-state index contributed by atoms with van der Waals surface area (Å²) in [4.78, 5) is 12.3. The van der Waals surface area contributed by atoms with Gasteiger partial charge in [0.1, 0.15) is 0 Å². The summed E-state index contributed by atoms with van der Waals surface area (Å²) in [6.45, 7) is 10.2. The molecule has 0 spiro atoms. The van der Waals surface area contributed by atoms with Crippen LogP contribution in [0.1, 0.15) is 13.8 Å². The van der Waals surface area contributed by atoms with Crippen LogP contribution in [0, 0.1) is 0 Å². The minimum Gasteiger partial charge on any atom is -0.357 e. The maximum absolute atomic E-state index is 9.89. The van der Waals surface area contributed by atoms with Gasteiger partial charge in [-0.25, -0.2) is 0 Å². The van der Waals surface area contributed by atoms with Crippen LogP contribution in [0.15, 0.2) is 0 Å². The number of amides is 1. The molecule has 13 heavy (non-hydrogen) atoms. The number of carbonyl (C=O) groups is 1. The van der Waals surface area contributed by atoms with Crippen molar-refractivity contribution >= 4 is 6.41 Å². The van der Waals surface area contributed by atoms with E-state index >= 15 is 0 Å². The molecule has 0 atom stereocenters. The molecule has 0 aromatic heterocycles. The minimum absolute atomic E-state index is 0.710. The molecule has 78 valence electrons. The molecule has 0 saturated heterocycles. The highest BCUT2D eigenvalue weighted by Gasteiger charge is 1.96. The van der Waals surface area contributed by atoms with Crippen molar-refractivity contribution in [2.24, 2.45) is 0 Å². The van der Waals surface area contributed by atoms with Crippen molar-refractivity contribution in [2.75, 3.05) is 39.3 Å². The molecule has 0 aliphatic heterocycles. The van der Waals surface area contributed by atoms with Gasteiger partial charge in [0, 0.05) is 26.2 Å². The molecule has 0 radical (unpaired) electrons. The highest BCUT2D eigenvalue weighted by Crippen LogP contribution is 1.83. The fourth-order valence-corrected chi connectivity index (χ4v) is 1.12. The van der Waals surface area contributed by atoms with Crippen LogP contribution >= 0.6 is 0 Å². The monoisotopic (exact) mass is 187 g/mol. The first-order valence-corrected chi connectivity index (χ1v) is 4.95. The Bertz CT molecular complexity index is 115. The first-order chi connectivity index (χ1) is 6.35. The maximum Gasteiger partial charge on any atom is 0.207 e. The number of likely N-dealkylation sites (N-methyl/N-ethyl adjacent to an activating group) is 1. The maximum atomic E-state index is 9.89. The third-order valence-corrected chi connectivity index (χ3v) is 2.03. The van der Waals surface area contributed by atoms with E-state index in [-0.39, 0.29) is 0 Å².